The number of hydrogen-bond donors (Lipinski definition) is 2. The molecule has 0 radical (unpaired) electrons. The zero-order valence-corrected chi connectivity index (χ0v) is 18.7. The number of carbonyl (C=O) groups is 3. The summed E-state index contributed by atoms with van der Waals surface area (Å²) < 4.78 is 0. The molecule has 3 aromatic rings. The van der Waals surface area contributed by atoms with Crippen LogP contribution in [0.3, 0.4) is 0 Å². The number of benzene rings is 2. The average Bonchev–Trinajstić information content (AvgIpc) is 3.40. The molecule has 0 bridgehead atoms. The highest BCUT2D eigenvalue weighted by molar-refractivity contribution is 7.14. The highest BCUT2D eigenvalue weighted by Gasteiger charge is 2.35. The zero-order valence-electron chi connectivity index (χ0n) is 17.9. The normalized spacial score (nSPS) is 15.9. The summed E-state index contributed by atoms with van der Waals surface area (Å²) in [5, 5.41) is 5.14. The lowest BCUT2D eigenvalue weighted by Crippen LogP contribution is -2.28. The predicted molar refractivity (Wildman–Crippen MR) is 126 cm³/mol. The Morgan fingerprint density at radius 2 is 1.94 bits per heavy atom. The molecular weight excluding hydrogens is 424 g/mol. The molecule has 1 fully saturated rings. The first-order valence-electron chi connectivity index (χ1n) is 10.4. The van der Waals surface area contributed by atoms with Crippen LogP contribution in [0, 0.1) is 5.92 Å². The largest absolute Gasteiger partial charge is 0.366 e. The second-order valence-corrected chi connectivity index (χ2v) is 8.98. The van der Waals surface area contributed by atoms with Gasteiger partial charge in [-0.3, -0.25) is 14.4 Å². The first-order valence-corrected chi connectivity index (χ1v) is 11.3. The molecule has 1 aliphatic heterocycles. The van der Waals surface area contributed by atoms with Crippen LogP contribution in [0.2, 0.25) is 0 Å². The SMILES string of the molecule is CC(C)c1cccc(N2C[C@@H](C(=O)Nc3nc(-c4ccc(C(N)=O)cc4)cs3)CC2=O)c1. The average molecular weight is 449 g/mol. The van der Waals surface area contributed by atoms with E-state index in [-0.39, 0.29) is 18.2 Å². The molecule has 0 unspecified atom stereocenters. The number of thiazole rings is 1. The van der Waals surface area contributed by atoms with Crippen LogP contribution < -0.4 is 16.0 Å². The maximum Gasteiger partial charge on any atom is 0.248 e. The molecule has 3 N–H and O–H groups in total. The van der Waals surface area contributed by atoms with E-state index < -0.39 is 11.8 Å². The summed E-state index contributed by atoms with van der Waals surface area (Å²) in [5.41, 5.74) is 9.18. The van der Waals surface area contributed by atoms with Crippen molar-refractivity contribution in [1.82, 2.24) is 4.98 Å². The van der Waals surface area contributed by atoms with Crippen molar-refractivity contribution < 1.29 is 14.4 Å². The summed E-state index contributed by atoms with van der Waals surface area (Å²) in [6.45, 7) is 4.56. The number of nitrogens with zero attached hydrogens (tertiary/aromatic N) is 2. The van der Waals surface area contributed by atoms with Gasteiger partial charge in [0.25, 0.3) is 0 Å². The van der Waals surface area contributed by atoms with Gasteiger partial charge in [0, 0.05) is 35.2 Å². The van der Waals surface area contributed by atoms with Crippen LogP contribution in [0.25, 0.3) is 11.3 Å². The lowest BCUT2D eigenvalue weighted by atomic mass is 10.0. The Bertz CT molecular complexity index is 1170. The summed E-state index contributed by atoms with van der Waals surface area (Å²) in [7, 11) is 0. The highest BCUT2D eigenvalue weighted by Crippen LogP contribution is 2.30. The second kappa shape index (κ2) is 8.92. The van der Waals surface area contributed by atoms with E-state index in [4.69, 9.17) is 5.73 Å². The molecule has 0 saturated carbocycles. The molecule has 4 rings (SSSR count). The maximum absolute atomic E-state index is 12.8. The van der Waals surface area contributed by atoms with Gasteiger partial charge in [-0.25, -0.2) is 4.98 Å². The quantitative estimate of drug-likeness (QED) is 0.594. The molecule has 164 valence electrons. The molecule has 7 nitrogen and oxygen atoms in total. The Kier molecular flexibility index (Phi) is 6.05. The highest BCUT2D eigenvalue weighted by atomic mass is 32.1. The minimum atomic E-state index is -0.487. The molecule has 1 saturated heterocycles. The second-order valence-electron chi connectivity index (χ2n) is 8.12. The van der Waals surface area contributed by atoms with Crippen LogP contribution in [-0.4, -0.2) is 29.3 Å². The number of primary amides is 1. The Morgan fingerprint density at radius 3 is 2.62 bits per heavy atom. The molecule has 8 heteroatoms. The fourth-order valence-corrected chi connectivity index (χ4v) is 4.38. The van der Waals surface area contributed by atoms with E-state index >= 15 is 0 Å². The van der Waals surface area contributed by atoms with Crippen molar-refractivity contribution in [2.24, 2.45) is 11.7 Å². The van der Waals surface area contributed by atoms with Crippen LogP contribution in [0.5, 0.6) is 0 Å². The van der Waals surface area contributed by atoms with Crippen LogP contribution >= 0.6 is 11.3 Å². The number of carbonyl (C=O) groups excluding carboxylic acids is 3. The van der Waals surface area contributed by atoms with E-state index in [2.05, 4.69) is 24.1 Å². The molecule has 0 aliphatic carbocycles. The van der Waals surface area contributed by atoms with Crippen LogP contribution in [0.15, 0.2) is 53.9 Å². The number of rotatable bonds is 6. The fraction of sp³-hybridized carbons (Fsp3) is 0.250. The maximum atomic E-state index is 12.8. The summed E-state index contributed by atoms with van der Waals surface area (Å²) in [5.74, 6) is -0.838. The molecule has 3 amide bonds. The number of anilines is 2. The molecule has 1 aliphatic rings. The fourth-order valence-electron chi connectivity index (χ4n) is 3.66. The molecule has 2 aromatic carbocycles. The first-order chi connectivity index (χ1) is 15.3. The van der Waals surface area contributed by atoms with Gasteiger partial charge in [-0.15, -0.1) is 11.3 Å². The summed E-state index contributed by atoms with van der Waals surface area (Å²) in [6.07, 6.45) is 0.171. The standard InChI is InChI=1S/C24H24N4O3S/c1-14(2)17-4-3-5-19(10-17)28-12-18(11-21(28)29)23(31)27-24-26-20(13-32-24)15-6-8-16(9-7-15)22(25)30/h3-10,13-14,18H,11-12H2,1-2H3,(H2,25,30)(H,26,27,31)/t18-/m0/s1. The van der Waals surface area contributed by atoms with Gasteiger partial charge in [0.2, 0.25) is 17.7 Å². The van der Waals surface area contributed by atoms with Crippen LogP contribution in [-0.2, 0) is 9.59 Å². The van der Waals surface area contributed by atoms with Gasteiger partial charge in [0.1, 0.15) is 0 Å². The minimum absolute atomic E-state index is 0.0552. The molecule has 1 aromatic heterocycles. The first kappa shape index (κ1) is 21.7. The number of nitrogens with two attached hydrogens (primary N) is 1. The van der Waals surface area contributed by atoms with Gasteiger partial charge in [0.05, 0.1) is 11.6 Å². The molecule has 1 atom stereocenters. The van der Waals surface area contributed by atoms with Crippen molar-refractivity contribution >= 4 is 39.9 Å². The number of nitrogens with one attached hydrogen (secondary N) is 1. The number of aromatic nitrogens is 1. The summed E-state index contributed by atoms with van der Waals surface area (Å²) in [4.78, 5) is 42.8. The molecule has 32 heavy (non-hydrogen) atoms. The van der Waals surface area contributed by atoms with E-state index in [1.165, 1.54) is 11.3 Å². The third-order valence-corrected chi connectivity index (χ3v) is 6.30. The van der Waals surface area contributed by atoms with Gasteiger partial charge in [0.15, 0.2) is 5.13 Å². The van der Waals surface area contributed by atoms with Crippen LogP contribution in [0.4, 0.5) is 10.8 Å². The van der Waals surface area contributed by atoms with Crippen LogP contribution in [0.1, 0.15) is 42.1 Å². The van der Waals surface area contributed by atoms with E-state index in [1.54, 1.807) is 29.2 Å². The van der Waals surface area contributed by atoms with Crippen molar-refractivity contribution in [2.75, 3.05) is 16.8 Å². The Morgan fingerprint density at radius 1 is 1.19 bits per heavy atom. The zero-order chi connectivity index (χ0) is 22.8. The van der Waals surface area contributed by atoms with Gasteiger partial charge in [-0.2, -0.15) is 0 Å². The monoisotopic (exact) mass is 448 g/mol. The Labute approximate surface area is 190 Å². The van der Waals surface area contributed by atoms with E-state index in [9.17, 15) is 14.4 Å². The van der Waals surface area contributed by atoms with Gasteiger partial charge in [-0.1, -0.05) is 38.1 Å². The third kappa shape index (κ3) is 4.55. The number of amides is 3. The molecule has 2 heterocycles. The van der Waals surface area contributed by atoms with E-state index in [0.717, 1.165) is 16.8 Å². The van der Waals surface area contributed by atoms with Crippen molar-refractivity contribution in [2.45, 2.75) is 26.2 Å². The molecular formula is C24H24N4O3S. The smallest absolute Gasteiger partial charge is 0.248 e. The third-order valence-electron chi connectivity index (χ3n) is 5.54. The minimum Gasteiger partial charge on any atom is -0.366 e. The lowest BCUT2D eigenvalue weighted by molar-refractivity contribution is -0.122. The van der Waals surface area contributed by atoms with Crippen molar-refractivity contribution in [3.05, 3.63) is 65.0 Å². The van der Waals surface area contributed by atoms with E-state index in [0.29, 0.717) is 28.9 Å². The van der Waals surface area contributed by atoms with Crippen molar-refractivity contribution in [3.63, 3.8) is 0 Å². The van der Waals surface area contributed by atoms with E-state index in [1.807, 2.05) is 29.6 Å². The van der Waals surface area contributed by atoms with Crippen molar-refractivity contribution in [3.8, 4) is 11.3 Å². The predicted octanol–water partition coefficient (Wildman–Crippen LogP) is 4.02. The van der Waals surface area contributed by atoms with Gasteiger partial charge >= 0.3 is 0 Å². The van der Waals surface area contributed by atoms with Gasteiger partial charge < -0.3 is 16.0 Å². The Hall–Kier alpha value is -3.52. The Balaban J connectivity index is 1.42. The summed E-state index contributed by atoms with van der Waals surface area (Å²) in [6, 6.07) is 14.7. The topological polar surface area (TPSA) is 105 Å². The van der Waals surface area contributed by atoms with Gasteiger partial charge in [-0.05, 0) is 35.7 Å². The summed E-state index contributed by atoms with van der Waals surface area (Å²) >= 11 is 1.31. The van der Waals surface area contributed by atoms with Crippen molar-refractivity contribution in [1.29, 1.82) is 0 Å². The lowest BCUT2D eigenvalue weighted by Gasteiger charge is -2.18. The molecule has 0 spiro atoms. The number of hydrogen-bond acceptors (Lipinski definition) is 5.